The molecule has 2 aromatic carbocycles. The van der Waals surface area contributed by atoms with Crippen molar-refractivity contribution in [1.82, 2.24) is 9.80 Å². The molecule has 1 aliphatic carbocycles. The monoisotopic (exact) mass is 671 g/mol. The van der Waals surface area contributed by atoms with E-state index >= 15 is 0 Å². The number of carbonyl (C=O) groups is 2. The van der Waals surface area contributed by atoms with Crippen molar-refractivity contribution in [3.63, 3.8) is 0 Å². The lowest BCUT2D eigenvalue weighted by molar-refractivity contribution is -0.137. The van der Waals surface area contributed by atoms with Crippen LogP contribution in [0.1, 0.15) is 88.1 Å². The SMILES string of the molecule is Cc1ccc(S(=O)(=O)Nc2ccc3c(c2)C(=O)N([C@@H](C)CO)C[C@@H](C)[C@@H](CN(C)C(=O)C2CCCCC2)OCCCC[C@H](C)O3)cc1. The average Bonchev–Trinajstić information content (AvgIpc) is 3.06. The Morgan fingerprint density at radius 1 is 1.04 bits per heavy atom. The van der Waals surface area contributed by atoms with Crippen molar-refractivity contribution in [2.75, 3.05) is 38.1 Å². The molecule has 2 amide bonds. The molecule has 10 nitrogen and oxygen atoms in total. The molecular formula is C36H53N3O7S. The van der Waals surface area contributed by atoms with E-state index in [0.29, 0.717) is 18.9 Å². The predicted octanol–water partition coefficient (Wildman–Crippen LogP) is 5.63. The number of carbonyl (C=O) groups excluding carboxylic acids is 2. The largest absolute Gasteiger partial charge is 0.490 e. The summed E-state index contributed by atoms with van der Waals surface area (Å²) in [6, 6.07) is 10.7. The number of aliphatic hydroxyl groups is 1. The highest BCUT2D eigenvalue weighted by molar-refractivity contribution is 7.92. The molecule has 260 valence electrons. The molecule has 0 aromatic heterocycles. The summed E-state index contributed by atoms with van der Waals surface area (Å²) in [4.78, 5) is 31.2. The van der Waals surface area contributed by atoms with Gasteiger partial charge in [0.15, 0.2) is 0 Å². The van der Waals surface area contributed by atoms with Gasteiger partial charge >= 0.3 is 0 Å². The number of nitrogens with one attached hydrogen (secondary N) is 1. The van der Waals surface area contributed by atoms with Crippen LogP contribution in [0.25, 0.3) is 0 Å². The first-order chi connectivity index (χ1) is 22.4. The minimum absolute atomic E-state index is 0.0469. The van der Waals surface area contributed by atoms with Crippen molar-refractivity contribution in [2.45, 2.75) is 102 Å². The van der Waals surface area contributed by atoms with Gasteiger partial charge in [-0.25, -0.2) is 8.42 Å². The molecule has 0 radical (unpaired) electrons. The minimum Gasteiger partial charge on any atom is -0.490 e. The van der Waals surface area contributed by atoms with Gasteiger partial charge in [-0.15, -0.1) is 0 Å². The van der Waals surface area contributed by atoms with Gasteiger partial charge in [0.2, 0.25) is 5.91 Å². The number of sulfonamides is 1. The third kappa shape index (κ3) is 9.93. The third-order valence-electron chi connectivity index (χ3n) is 9.42. The quantitative estimate of drug-likeness (QED) is 0.373. The van der Waals surface area contributed by atoms with Crippen molar-refractivity contribution in [2.24, 2.45) is 11.8 Å². The van der Waals surface area contributed by atoms with Crippen LogP contribution in [0.2, 0.25) is 0 Å². The summed E-state index contributed by atoms with van der Waals surface area (Å²) in [5.74, 6) is -0.0163. The fourth-order valence-electron chi connectivity index (χ4n) is 6.40. The van der Waals surface area contributed by atoms with Gasteiger partial charge in [-0.2, -0.15) is 0 Å². The maximum Gasteiger partial charge on any atom is 0.261 e. The lowest BCUT2D eigenvalue weighted by Gasteiger charge is -2.36. The van der Waals surface area contributed by atoms with Gasteiger partial charge in [0, 0.05) is 44.3 Å². The molecule has 2 N–H and O–H groups in total. The first kappa shape index (κ1) is 36.7. The van der Waals surface area contributed by atoms with Crippen LogP contribution in [0.5, 0.6) is 5.75 Å². The number of ether oxygens (including phenoxy) is 2. The van der Waals surface area contributed by atoms with Crippen molar-refractivity contribution < 1.29 is 32.6 Å². The maximum absolute atomic E-state index is 14.4. The Labute approximate surface area is 280 Å². The van der Waals surface area contributed by atoms with Crippen molar-refractivity contribution in [3.05, 3.63) is 53.6 Å². The van der Waals surface area contributed by atoms with Crippen LogP contribution in [0, 0.1) is 18.8 Å². The molecule has 1 aliphatic heterocycles. The van der Waals surface area contributed by atoms with E-state index in [1.54, 1.807) is 41.0 Å². The molecule has 11 heteroatoms. The lowest BCUT2D eigenvalue weighted by atomic mass is 9.88. The van der Waals surface area contributed by atoms with Gasteiger partial charge in [0.25, 0.3) is 15.9 Å². The van der Waals surface area contributed by atoms with Gasteiger partial charge in [-0.1, -0.05) is 43.9 Å². The highest BCUT2D eigenvalue weighted by atomic mass is 32.2. The second kappa shape index (κ2) is 16.8. The summed E-state index contributed by atoms with van der Waals surface area (Å²) in [5, 5.41) is 10.2. The van der Waals surface area contributed by atoms with E-state index < -0.39 is 16.1 Å². The molecule has 0 unspecified atom stereocenters. The number of fused-ring (bicyclic) bond motifs is 1. The molecule has 0 spiro atoms. The molecule has 47 heavy (non-hydrogen) atoms. The van der Waals surface area contributed by atoms with Gasteiger partial charge in [-0.05, 0) is 83.2 Å². The number of amides is 2. The highest BCUT2D eigenvalue weighted by Crippen LogP contribution is 2.30. The predicted molar refractivity (Wildman–Crippen MR) is 183 cm³/mol. The number of hydrogen-bond donors (Lipinski definition) is 2. The van der Waals surface area contributed by atoms with Gasteiger partial charge < -0.3 is 24.4 Å². The van der Waals surface area contributed by atoms with Gasteiger partial charge in [0.1, 0.15) is 5.75 Å². The van der Waals surface area contributed by atoms with Crippen LogP contribution < -0.4 is 9.46 Å². The lowest BCUT2D eigenvalue weighted by Crippen LogP contribution is -2.48. The van der Waals surface area contributed by atoms with E-state index in [2.05, 4.69) is 4.72 Å². The molecule has 4 rings (SSSR count). The van der Waals surface area contributed by atoms with Crippen LogP contribution in [0.15, 0.2) is 47.4 Å². The molecular weight excluding hydrogens is 618 g/mol. The maximum atomic E-state index is 14.4. The van der Waals surface area contributed by atoms with E-state index in [1.807, 2.05) is 27.8 Å². The normalized spacial score (nSPS) is 22.8. The summed E-state index contributed by atoms with van der Waals surface area (Å²) in [6.07, 6.45) is 7.04. The Kier molecular flexibility index (Phi) is 13.1. The van der Waals surface area contributed by atoms with Gasteiger partial charge in [0.05, 0.1) is 35.3 Å². The summed E-state index contributed by atoms with van der Waals surface area (Å²) in [5.41, 5.74) is 1.37. The number of anilines is 1. The van der Waals surface area contributed by atoms with E-state index in [-0.39, 0.29) is 65.2 Å². The zero-order chi connectivity index (χ0) is 34.1. The number of nitrogens with zero attached hydrogens (tertiary/aromatic N) is 2. The number of aliphatic hydroxyl groups excluding tert-OH is 1. The van der Waals surface area contributed by atoms with Crippen molar-refractivity contribution in [1.29, 1.82) is 0 Å². The topological polar surface area (TPSA) is 125 Å². The van der Waals surface area contributed by atoms with Crippen LogP contribution in [0.4, 0.5) is 5.69 Å². The van der Waals surface area contributed by atoms with Gasteiger partial charge in [-0.3, -0.25) is 14.3 Å². The van der Waals surface area contributed by atoms with Crippen molar-refractivity contribution in [3.8, 4) is 5.75 Å². The Morgan fingerprint density at radius 2 is 1.72 bits per heavy atom. The number of hydrogen-bond acceptors (Lipinski definition) is 7. The minimum atomic E-state index is -3.92. The van der Waals surface area contributed by atoms with E-state index in [9.17, 15) is 23.1 Å². The molecule has 1 heterocycles. The van der Waals surface area contributed by atoms with Crippen LogP contribution >= 0.6 is 0 Å². The van der Waals surface area contributed by atoms with Crippen LogP contribution in [-0.2, 0) is 19.6 Å². The Bertz CT molecular complexity index is 1440. The smallest absolute Gasteiger partial charge is 0.261 e. The molecule has 0 bridgehead atoms. The molecule has 2 aromatic rings. The van der Waals surface area contributed by atoms with Crippen LogP contribution in [-0.4, -0.2) is 86.7 Å². The summed E-state index contributed by atoms with van der Waals surface area (Å²) in [6.45, 7) is 8.53. The second-order valence-corrected chi connectivity index (χ2v) is 15.2. The van der Waals surface area contributed by atoms with E-state index in [4.69, 9.17) is 9.47 Å². The Hall–Kier alpha value is -3.15. The summed E-state index contributed by atoms with van der Waals surface area (Å²) in [7, 11) is -2.08. The average molecular weight is 672 g/mol. The molecule has 1 fully saturated rings. The molecule has 4 atom stereocenters. The first-order valence-corrected chi connectivity index (χ1v) is 18.6. The number of aryl methyl sites for hydroxylation is 1. The molecule has 2 aliphatic rings. The molecule has 0 saturated heterocycles. The summed E-state index contributed by atoms with van der Waals surface area (Å²) < 4.78 is 41.7. The fourth-order valence-corrected chi connectivity index (χ4v) is 7.45. The Balaban J connectivity index is 1.64. The number of likely N-dealkylation sites (N-methyl/N-ethyl adjacent to an activating group) is 1. The molecule has 1 saturated carbocycles. The number of rotatable bonds is 8. The fraction of sp³-hybridized carbons (Fsp3) is 0.611. The Morgan fingerprint density at radius 3 is 2.40 bits per heavy atom. The van der Waals surface area contributed by atoms with Crippen LogP contribution in [0.3, 0.4) is 0 Å². The highest BCUT2D eigenvalue weighted by Gasteiger charge is 2.32. The standard InChI is InChI=1S/C36H53N3O7S/c1-25-14-17-31(18-15-25)47(43,44)37-30-16-19-33-32(21-30)36(42)39(27(3)24-40)22-26(2)34(45-20-10-9-11-28(4)46-33)23-38(5)35(41)29-12-7-6-8-13-29/h14-19,21,26-29,34,37,40H,6-13,20,22-24H2,1-5H3/t26-,27+,28+,34-/m1/s1. The van der Waals surface area contributed by atoms with Crippen molar-refractivity contribution >= 4 is 27.5 Å². The van der Waals surface area contributed by atoms with E-state index in [0.717, 1.165) is 50.5 Å². The van der Waals surface area contributed by atoms with E-state index in [1.165, 1.54) is 24.6 Å². The second-order valence-electron chi connectivity index (χ2n) is 13.5. The summed E-state index contributed by atoms with van der Waals surface area (Å²) >= 11 is 0. The number of benzene rings is 2. The zero-order valence-corrected chi connectivity index (χ0v) is 29.4. The zero-order valence-electron chi connectivity index (χ0n) is 28.6. The third-order valence-corrected chi connectivity index (χ3v) is 10.8. The first-order valence-electron chi connectivity index (χ1n) is 17.1.